The lowest BCUT2D eigenvalue weighted by Crippen LogP contribution is -2.13. The van der Waals surface area contributed by atoms with Crippen LogP contribution in [-0.4, -0.2) is 18.1 Å². The highest BCUT2D eigenvalue weighted by Crippen LogP contribution is 2.21. The molecule has 0 bridgehead atoms. The fourth-order valence-electron chi connectivity index (χ4n) is 1.61. The van der Waals surface area contributed by atoms with Gasteiger partial charge in [-0.2, -0.15) is 0 Å². The second kappa shape index (κ2) is 5.56. The van der Waals surface area contributed by atoms with Gasteiger partial charge in [-0.15, -0.1) is 0 Å². The number of carbonyl (C=O) groups excluding carboxylic acids is 1. The number of anilines is 1. The minimum atomic E-state index is -0.785. The maximum atomic E-state index is 13.5. The monoisotopic (exact) mass is 279 g/mol. The predicted molar refractivity (Wildman–Crippen MR) is 69.0 cm³/mol. The molecule has 0 heterocycles. The van der Waals surface area contributed by atoms with Gasteiger partial charge in [0.1, 0.15) is 11.6 Å². The molecule has 2 aromatic rings. The predicted octanol–water partition coefficient (Wildman–Crippen LogP) is 2.93. The Morgan fingerprint density at radius 1 is 1.15 bits per heavy atom. The highest BCUT2D eigenvalue weighted by molar-refractivity contribution is 6.04. The van der Waals surface area contributed by atoms with E-state index in [4.69, 9.17) is 9.84 Å². The van der Waals surface area contributed by atoms with E-state index in [1.54, 1.807) is 0 Å². The van der Waals surface area contributed by atoms with E-state index in [1.165, 1.54) is 31.4 Å². The molecule has 2 aromatic carbocycles. The molecule has 0 fully saturated rings. The first kappa shape index (κ1) is 13.8. The number of phenols is 1. The van der Waals surface area contributed by atoms with Crippen molar-refractivity contribution in [1.82, 2.24) is 0 Å². The lowest BCUT2D eigenvalue weighted by molar-refractivity contribution is 0.102. The van der Waals surface area contributed by atoms with Crippen LogP contribution in [0.5, 0.6) is 11.5 Å². The number of rotatable bonds is 3. The molecule has 0 aliphatic rings. The first-order chi connectivity index (χ1) is 9.51. The summed E-state index contributed by atoms with van der Waals surface area (Å²) in [6.07, 6.45) is 0. The molecule has 1 amide bonds. The topological polar surface area (TPSA) is 58.6 Å². The molecule has 4 nitrogen and oxygen atoms in total. The fourth-order valence-corrected chi connectivity index (χ4v) is 1.61. The molecule has 104 valence electrons. The third-order valence-corrected chi connectivity index (χ3v) is 2.61. The van der Waals surface area contributed by atoms with Crippen LogP contribution in [0.4, 0.5) is 14.5 Å². The summed E-state index contributed by atoms with van der Waals surface area (Å²) < 4.78 is 31.7. The summed E-state index contributed by atoms with van der Waals surface area (Å²) in [4.78, 5) is 11.9. The minimum absolute atomic E-state index is 0.0114. The van der Waals surface area contributed by atoms with Crippen molar-refractivity contribution in [2.45, 2.75) is 0 Å². The van der Waals surface area contributed by atoms with Gasteiger partial charge in [0.05, 0.1) is 12.8 Å². The number of aromatic hydroxyl groups is 1. The van der Waals surface area contributed by atoms with Crippen LogP contribution in [0.3, 0.4) is 0 Å². The van der Waals surface area contributed by atoms with E-state index < -0.39 is 17.5 Å². The summed E-state index contributed by atoms with van der Waals surface area (Å²) in [6.45, 7) is 0. The van der Waals surface area contributed by atoms with E-state index in [1.807, 2.05) is 0 Å². The number of nitrogens with one attached hydrogen (secondary N) is 1. The van der Waals surface area contributed by atoms with E-state index >= 15 is 0 Å². The van der Waals surface area contributed by atoms with Gasteiger partial charge >= 0.3 is 0 Å². The number of amides is 1. The number of halogens is 2. The van der Waals surface area contributed by atoms with Crippen LogP contribution in [0.25, 0.3) is 0 Å². The zero-order valence-electron chi connectivity index (χ0n) is 10.5. The summed E-state index contributed by atoms with van der Waals surface area (Å²) in [5, 5.41) is 11.4. The first-order valence-electron chi connectivity index (χ1n) is 5.64. The first-order valence-corrected chi connectivity index (χ1v) is 5.64. The third kappa shape index (κ3) is 2.85. The lowest BCUT2D eigenvalue weighted by atomic mass is 10.2. The number of hydrogen-bond acceptors (Lipinski definition) is 3. The van der Waals surface area contributed by atoms with Crippen molar-refractivity contribution in [2.75, 3.05) is 12.4 Å². The molecule has 6 heteroatoms. The molecule has 0 saturated heterocycles. The van der Waals surface area contributed by atoms with E-state index in [0.29, 0.717) is 0 Å². The third-order valence-electron chi connectivity index (χ3n) is 2.61. The number of benzene rings is 2. The maximum absolute atomic E-state index is 13.5. The van der Waals surface area contributed by atoms with Crippen LogP contribution in [0.2, 0.25) is 0 Å². The van der Waals surface area contributed by atoms with Gasteiger partial charge in [-0.1, -0.05) is 0 Å². The van der Waals surface area contributed by atoms with Gasteiger partial charge in [-0.05, 0) is 30.3 Å². The van der Waals surface area contributed by atoms with Crippen LogP contribution in [0.15, 0.2) is 36.4 Å². The fraction of sp³-hybridized carbons (Fsp3) is 0.0714. The average molecular weight is 279 g/mol. The molecule has 0 aliphatic heterocycles. The van der Waals surface area contributed by atoms with Gasteiger partial charge < -0.3 is 15.2 Å². The molecule has 0 aromatic heterocycles. The Morgan fingerprint density at radius 2 is 1.90 bits per heavy atom. The molecule has 0 radical (unpaired) electrons. The molecule has 0 aliphatic carbocycles. The van der Waals surface area contributed by atoms with Crippen LogP contribution in [0, 0.1) is 11.6 Å². The van der Waals surface area contributed by atoms with Crippen molar-refractivity contribution in [3.8, 4) is 11.5 Å². The maximum Gasteiger partial charge on any atom is 0.255 e. The molecule has 2 N–H and O–H groups in total. The summed E-state index contributed by atoms with van der Waals surface area (Å²) in [5.74, 6) is -2.39. The molecular weight excluding hydrogens is 268 g/mol. The molecule has 20 heavy (non-hydrogen) atoms. The van der Waals surface area contributed by atoms with Crippen LogP contribution in [-0.2, 0) is 0 Å². The lowest BCUT2D eigenvalue weighted by Gasteiger charge is -2.08. The van der Waals surface area contributed by atoms with Gasteiger partial charge in [-0.25, -0.2) is 8.78 Å². The largest absolute Gasteiger partial charge is 0.508 e. The number of ether oxygens (including phenoxy) is 1. The van der Waals surface area contributed by atoms with Crippen molar-refractivity contribution in [3.05, 3.63) is 53.6 Å². The second-order valence-electron chi connectivity index (χ2n) is 3.97. The summed E-state index contributed by atoms with van der Waals surface area (Å²) in [7, 11) is 1.31. The molecule has 0 saturated carbocycles. The van der Waals surface area contributed by atoms with Gasteiger partial charge in [0.15, 0.2) is 11.6 Å². The quantitative estimate of drug-likeness (QED) is 0.849. The normalized spacial score (nSPS) is 10.2. The molecule has 0 atom stereocenters. The molecule has 0 unspecified atom stereocenters. The van der Waals surface area contributed by atoms with E-state index in [-0.39, 0.29) is 22.7 Å². The number of hydrogen-bond donors (Lipinski definition) is 2. The van der Waals surface area contributed by atoms with Crippen molar-refractivity contribution >= 4 is 11.6 Å². The van der Waals surface area contributed by atoms with E-state index in [2.05, 4.69) is 5.32 Å². The van der Waals surface area contributed by atoms with Crippen molar-refractivity contribution < 1.29 is 23.4 Å². The van der Waals surface area contributed by atoms with Gasteiger partial charge in [0.2, 0.25) is 0 Å². The zero-order valence-corrected chi connectivity index (χ0v) is 10.5. The second-order valence-corrected chi connectivity index (χ2v) is 3.97. The Bertz CT molecular complexity index is 659. The van der Waals surface area contributed by atoms with Crippen LogP contribution in [0.1, 0.15) is 10.4 Å². The molecule has 0 spiro atoms. The molecule has 2 rings (SSSR count). The summed E-state index contributed by atoms with van der Waals surface area (Å²) >= 11 is 0. The average Bonchev–Trinajstić information content (AvgIpc) is 2.41. The van der Waals surface area contributed by atoms with Crippen molar-refractivity contribution in [1.29, 1.82) is 0 Å². The summed E-state index contributed by atoms with van der Waals surface area (Å²) in [6, 6.07) is 6.96. The Labute approximate surface area is 113 Å². The Morgan fingerprint density at radius 3 is 2.50 bits per heavy atom. The van der Waals surface area contributed by atoms with Gasteiger partial charge in [-0.3, -0.25) is 4.79 Å². The number of methoxy groups -OCH3 is 1. The zero-order chi connectivity index (χ0) is 14.7. The Balaban J connectivity index is 2.21. The van der Waals surface area contributed by atoms with E-state index in [0.717, 1.165) is 12.1 Å². The SMILES string of the molecule is COc1ccc(C(=O)Nc2ccc(O)cc2F)cc1F. The highest BCUT2D eigenvalue weighted by Gasteiger charge is 2.12. The Kier molecular flexibility index (Phi) is 3.84. The highest BCUT2D eigenvalue weighted by atomic mass is 19.1. The Hall–Kier alpha value is -2.63. The summed E-state index contributed by atoms with van der Waals surface area (Å²) in [5.41, 5.74) is -0.0835. The van der Waals surface area contributed by atoms with Crippen LogP contribution < -0.4 is 10.1 Å². The minimum Gasteiger partial charge on any atom is -0.508 e. The molecular formula is C14H11F2NO3. The number of carbonyl (C=O) groups is 1. The number of phenolic OH excluding ortho intramolecular Hbond substituents is 1. The standard InChI is InChI=1S/C14H11F2NO3/c1-20-13-5-2-8(6-11(13)16)14(19)17-12-4-3-9(18)7-10(12)15/h2-7,18H,1H3,(H,17,19). The smallest absolute Gasteiger partial charge is 0.255 e. The van der Waals surface area contributed by atoms with Crippen molar-refractivity contribution in [3.63, 3.8) is 0 Å². The van der Waals surface area contributed by atoms with Gasteiger partial charge in [0.25, 0.3) is 5.91 Å². The van der Waals surface area contributed by atoms with Crippen LogP contribution >= 0.6 is 0 Å². The van der Waals surface area contributed by atoms with Crippen molar-refractivity contribution in [2.24, 2.45) is 0 Å². The van der Waals surface area contributed by atoms with E-state index in [9.17, 15) is 13.6 Å². The van der Waals surface area contributed by atoms with Gasteiger partial charge in [0, 0.05) is 11.6 Å².